The highest BCUT2D eigenvalue weighted by Gasteiger charge is 2.40. The van der Waals surface area contributed by atoms with Gasteiger partial charge in [0, 0.05) is 6.54 Å². The van der Waals surface area contributed by atoms with E-state index in [0.717, 1.165) is 19.3 Å². The van der Waals surface area contributed by atoms with Crippen molar-refractivity contribution in [2.24, 2.45) is 0 Å². The highest BCUT2D eigenvalue weighted by Crippen LogP contribution is 2.33. The zero-order valence-corrected chi connectivity index (χ0v) is 15.3. The van der Waals surface area contributed by atoms with E-state index in [4.69, 9.17) is 14.2 Å². The Morgan fingerprint density at radius 2 is 2.00 bits per heavy atom. The number of hydrogen-bond donors (Lipinski definition) is 0. The minimum absolute atomic E-state index is 0.245. The Balaban J connectivity index is 1.91. The van der Waals surface area contributed by atoms with E-state index >= 15 is 0 Å². The predicted molar refractivity (Wildman–Crippen MR) is 87.9 cm³/mol. The number of methoxy groups -OCH3 is 1. The fourth-order valence-corrected chi connectivity index (χ4v) is 5.44. The maximum absolute atomic E-state index is 13.1. The van der Waals surface area contributed by atoms with Gasteiger partial charge in [-0.25, -0.2) is 8.42 Å². The Hall–Kier alpha value is -0.670. The lowest BCUT2D eigenvalue weighted by atomic mass is 10.0. The molecule has 0 spiro atoms. The van der Waals surface area contributed by atoms with E-state index < -0.39 is 16.3 Å². The van der Waals surface area contributed by atoms with E-state index in [1.54, 1.807) is 25.3 Å². The molecular formula is C15H20BrNO5S. The van der Waals surface area contributed by atoms with E-state index in [9.17, 15) is 8.42 Å². The first-order chi connectivity index (χ1) is 11.0. The Morgan fingerprint density at radius 3 is 2.65 bits per heavy atom. The standard InChI is InChI=1S/C15H20BrNO5S/c1-20-14-6-5-11(10-12(14)16)23(18,19)17-7-3-2-4-13(17)15-21-8-9-22-15/h5-6,10,13,15H,2-4,7-9H2,1H3/t13-/m0/s1. The highest BCUT2D eigenvalue weighted by molar-refractivity contribution is 9.10. The zero-order chi connectivity index (χ0) is 16.4. The second kappa shape index (κ2) is 7.06. The van der Waals surface area contributed by atoms with Gasteiger partial charge in [-0.2, -0.15) is 4.31 Å². The van der Waals surface area contributed by atoms with Crippen LogP contribution in [0.4, 0.5) is 0 Å². The van der Waals surface area contributed by atoms with Crippen molar-refractivity contribution < 1.29 is 22.6 Å². The van der Waals surface area contributed by atoms with E-state index in [-0.39, 0.29) is 10.9 Å². The number of rotatable bonds is 4. The lowest BCUT2D eigenvalue weighted by molar-refractivity contribution is -0.0913. The molecule has 0 unspecified atom stereocenters. The predicted octanol–water partition coefficient (Wildman–Crippen LogP) is 2.37. The van der Waals surface area contributed by atoms with Gasteiger partial charge in [-0.15, -0.1) is 0 Å². The van der Waals surface area contributed by atoms with Crippen molar-refractivity contribution in [2.45, 2.75) is 36.5 Å². The average Bonchev–Trinajstić information content (AvgIpc) is 3.09. The van der Waals surface area contributed by atoms with Crippen molar-refractivity contribution in [2.75, 3.05) is 26.9 Å². The number of ether oxygens (including phenoxy) is 3. The van der Waals surface area contributed by atoms with Gasteiger partial charge < -0.3 is 14.2 Å². The van der Waals surface area contributed by atoms with Gasteiger partial charge in [-0.1, -0.05) is 6.42 Å². The van der Waals surface area contributed by atoms with Crippen LogP contribution >= 0.6 is 15.9 Å². The van der Waals surface area contributed by atoms with Crippen molar-refractivity contribution in [3.63, 3.8) is 0 Å². The smallest absolute Gasteiger partial charge is 0.243 e. The minimum atomic E-state index is -3.61. The van der Waals surface area contributed by atoms with E-state index in [1.807, 2.05) is 0 Å². The van der Waals surface area contributed by atoms with Gasteiger partial charge in [0.2, 0.25) is 10.0 Å². The normalized spacial score (nSPS) is 24.0. The molecule has 0 aromatic heterocycles. The molecule has 3 rings (SSSR count). The molecule has 0 N–H and O–H groups in total. The Kier molecular flexibility index (Phi) is 5.27. The van der Waals surface area contributed by atoms with Crippen molar-refractivity contribution >= 4 is 26.0 Å². The Morgan fingerprint density at radius 1 is 1.26 bits per heavy atom. The molecular weight excluding hydrogens is 386 g/mol. The van der Waals surface area contributed by atoms with Gasteiger partial charge >= 0.3 is 0 Å². The first-order valence-electron chi connectivity index (χ1n) is 7.62. The fourth-order valence-electron chi connectivity index (χ4n) is 3.04. The molecule has 1 aromatic carbocycles. The van der Waals surface area contributed by atoms with E-state index in [1.165, 1.54) is 4.31 Å². The molecule has 0 radical (unpaired) electrons. The third-order valence-corrected chi connectivity index (χ3v) is 6.73. The summed E-state index contributed by atoms with van der Waals surface area (Å²) in [4.78, 5) is 0.245. The molecule has 128 valence electrons. The number of sulfonamides is 1. The first kappa shape index (κ1) is 17.2. The van der Waals surface area contributed by atoms with Gasteiger partial charge in [0.25, 0.3) is 0 Å². The van der Waals surface area contributed by atoms with Crippen molar-refractivity contribution in [1.29, 1.82) is 0 Å². The lowest BCUT2D eigenvalue weighted by Crippen LogP contribution is -2.50. The molecule has 23 heavy (non-hydrogen) atoms. The van der Waals surface area contributed by atoms with Crippen LogP contribution in [0.25, 0.3) is 0 Å². The number of nitrogens with zero attached hydrogens (tertiary/aromatic N) is 1. The third kappa shape index (κ3) is 3.41. The summed E-state index contributed by atoms with van der Waals surface area (Å²) in [7, 11) is -2.06. The van der Waals surface area contributed by atoms with Crippen LogP contribution in [-0.4, -0.2) is 51.9 Å². The van der Waals surface area contributed by atoms with Gasteiger partial charge in [0.15, 0.2) is 6.29 Å². The Labute approximate surface area is 144 Å². The highest BCUT2D eigenvalue weighted by atomic mass is 79.9. The van der Waals surface area contributed by atoms with E-state index in [2.05, 4.69) is 15.9 Å². The van der Waals surface area contributed by atoms with Crippen LogP contribution < -0.4 is 4.74 Å². The molecule has 1 aromatic rings. The monoisotopic (exact) mass is 405 g/mol. The van der Waals surface area contributed by atoms with Crippen LogP contribution in [-0.2, 0) is 19.5 Å². The molecule has 2 aliphatic heterocycles. The number of benzene rings is 1. The van der Waals surface area contributed by atoms with Crippen molar-refractivity contribution in [3.05, 3.63) is 22.7 Å². The lowest BCUT2D eigenvalue weighted by Gasteiger charge is -2.36. The number of halogens is 1. The second-order valence-electron chi connectivity index (χ2n) is 5.59. The van der Waals surface area contributed by atoms with Crippen molar-refractivity contribution in [1.82, 2.24) is 4.31 Å². The minimum Gasteiger partial charge on any atom is -0.496 e. The maximum atomic E-state index is 13.1. The molecule has 6 nitrogen and oxygen atoms in total. The molecule has 0 saturated carbocycles. The topological polar surface area (TPSA) is 65.1 Å². The SMILES string of the molecule is COc1ccc(S(=O)(=O)N2CCCC[C@H]2C2OCCO2)cc1Br. The second-order valence-corrected chi connectivity index (χ2v) is 8.33. The summed E-state index contributed by atoms with van der Waals surface area (Å²) in [5.41, 5.74) is 0. The zero-order valence-electron chi connectivity index (χ0n) is 12.9. The molecule has 0 aliphatic carbocycles. The summed E-state index contributed by atoms with van der Waals surface area (Å²) in [6.07, 6.45) is 2.11. The molecule has 2 fully saturated rings. The summed E-state index contributed by atoms with van der Waals surface area (Å²) in [6, 6.07) is 4.53. The molecule has 2 aliphatic rings. The van der Waals surface area contributed by atoms with Crippen LogP contribution in [0.3, 0.4) is 0 Å². The fraction of sp³-hybridized carbons (Fsp3) is 0.600. The van der Waals surface area contributed by atoms with E-state index in [0.29, 0.717) is 30.0 Å². The summed E-state index contributed by atoms with van der Waals surface area (Å²) in [5.74, 6) is 0.599. The maximum Gasteiger partial charge on any atom is 0.243 e. The van der Waals surface area contributed by atoms with Gasteiger partial charge in [0.1, 0.15) is 5.75 Å². The summed E-state index contributed by atoms with van der Waals surface area (Å²) in [6.45, 7) is 1.52. The van der Waals surface area contributed by atoms with Gasteiger partial charge in [0.05, 0.1) is 35.7 Å². The largest absolute Gasteiger partial charge is 0.496 e. The first-order valence-corrected chi connectivity index (χ1v) is 9.86. The van der Waals surface area contributed by atoms with Crippen LogP contribution in [0.5, 0.6) is 5.75 Å². The van der Waals surface area contributed by atoms with Crippen LogP contribution in [0, 0.1) is 0 Å². The molecule has 0 amide bonds. The third-order valence-electron chi connectivity index (χ3n) is 4.19. The van der Waals surface area contributed by atoms with Crippen molar-refractivity contribution in [3.8, 4) is 5.75 Å². The summed E-state index contributed by atoms with van der Waals surface area (Å²) in [5, 5.41) is 0. The van der Waals surface area contributed by atoms with Crippen LogP contribution in [0.1, 0.15) is 19.3 Å². The summed E-state index contributed by atoms with van der Waals surface area (Å²) >= 11 is 3.35. The molecule has 2 saturated heterocycles. The molecule has 2 heterocycles. The summed E-state index contributed by atoms with van der Waals surface area (Å²) < 4.78 is 44.5. The van der Waals surface area contributed by atoms with Gasteiger partial charge in [-0.3, -0.25) is 0 Å². The molecule has 8 heteroatoms. The molecule has 1 atom stereocenters. The quantitative estimate of drug-likeness (QED) is 0.768. The number of hydrogen-bond acceptors (Lipinski definition) is 5. The Bertz CT molecular complexity index is 660. The van der Waals surface area contributed by atoms with Crippen LogP contribution in [0.2, 0.25) is 0 Å². The number of piperidine rings is 1. The van der Waals surface area contributed by atoms with Gasteiger partial charge in [-0.05, 0) is 47.0 Å². The molecule has 0 bridgehead atoms. The van der Waals surface area contributed by atoms with Crippen LogP contribution in [0.15, 0.2) is 27.6 Å². The average molecular weight is 406 g/mol.